The van der Waals surface area contributed by atoms with Crippen LogP contribution in [0.25, 0.3) is 0 Å². The molecule has 20 heavy (non-hydrogen) atoms. The van der Waals surface area contributed by atoms with Gasteiger partial charge < -0.3 is 9.88 Å². The maximum Gasteiger partial charge on any atom is 0.236 e. The summed E-state index contributed by atoms with van der Waals surface area (Å²) >= 11 is 0. The maximum absolute atomic E-state index is 12.2. The van der Waals surface area contributed by atoms with E-state index in [1.165, 1.54) is 19.3 Å². The molecule has 0 saturated carbocycles. The molecule has 3 rings (SSSR count). The van der Waals surface area contributed by atoms with Crippen molar-refractivity contribution in [3.05, 3.63) is 17.7 Å². The van der Waals surface area contributed by atoms with Gasteiger partial charge in [0.15, 0.2) is 0 Å². The molecule has 3 heterocycles. The smallest absolute Gasteiger partial charge is 0.236 e. The molecule has 1 N–H and O–H groups in total. The molecule has 0 radical (unpaired) electrons. The molecule has 2 aliphatic rings. The van der Waals surface area contributed by atoms with E-state index in [4.69, 9.17) is 0 Å². The highest BCUT2D eigenvalue weighted by molar-refractivity contribution is 5.78. The fourth-order valence-corrected chi connectivity index (χ4v) is 3.32. The Labute approximate surface area is 120 Å². The highest BCUT2D eigenvalue weighted by atomic mass is 16.2. The van der Waals surface area contributed by atoms with Gasteiger partial charge in [-0.3, -0.25) is 9.69 Å². The largest absolute Gasteiger partial charge is 0.346 e. The summed E-state index contributed by atoms with van der Waals surface area (Å²) in [5.74, 6) is 1.84. The predicted octanol–water partition coefficient (Wildman–Crippen LogP) is 1.52. The van der Waals surface area contributed by atoms with Gasteiger partial charge in [0, 0.05) is 37.4 Å². The Hall–Kier alpha value is -1.36. The van der Waals surface area contributed by atoms with Crippen LogP contribution in [0.3, 0.4) is 0 Å². The molecule has 1 amide bonds. The Bertz CT molecular complexity index is 464. The highest BCUT2D eigenvalue weighted by Crippen LogP contribution is 2.24. The molecular formula is C15H24N4O. The summed E-state index contributed by atoms with van der Waals surface area (Å²) in [7, 11) is 0. The molecule has 0 spiro atoms. The number of aromatic amines is 1. The Morgan fingerprint density at radius 2 is 2.15 bits per heavy atom. The fraction of sp³-hybridized carbons (Fsp3) is 0.733. The van der Waals surface area contributed by atoms with Gasteiger partial charge in [-0.15, -0.1) is 0 Å². The van der Waals surface area contributed by atoms with E-state index in [-0.39, 0.29) is 0 Å². The maximum atomic E-state index is 12.2. The number of H-pyrrole nitrogens is 1. The van der Waals surface area contributed by atoms with E-state index in [1.807, 2.05) is 18.0 Å². The van der Waals surface area contributed by atoms with Crippen LogP contribution < -0.4 is 0 Å². The van der Waals surface area contributed by atoms with Gasteiger partial charge in [-0.05, 0) is 39.2 Å². The number of rotatable bonds is 3. The average molecular weight is 276 g/mol. The van der Waals surface area contributed by atoms with Gasteiger partial charge in [-0.1, -0.05) is 0 Å². The van der Waals surface area contributed by atoms with Crippen molar-refractivity contribution in [2.45, 2.75) is 38.5 Å². The van der Waals surface area contributed by atoms with Gasteiger partial charge in [0.05, 0.1) is 6.54 Å². The number of carbonyl (C=O) groups is 1. The van der Waals surface area contributed by atoms with Gasteiger partial charge in [-0.25, -0.2) is 4.98 Å². The van der Waals surface area contributed by atoms with Crippen LogP contribution in [-0.2, 0) is 4.79 Å². The average Bonchev–Trinajstić information content (AvgIpc) is 3.10. The highest BCUT2D eigenvalue weighted by Gasteiger charge is 2.26. The van der Waals surface area contributed by atoms with Crippen molar-refractivity contribution in [3.8, 4) is 0 Å². The third kappa shape index (κ3) is 3.03. The van der Waals surface area contributed by atoms with E-state index in [0.717, 1.165) is 44.1 Å². The van der Waals surface area contributed by atoms with Crippen LogP contribution in [0.1, 0.15) is 43.1 Å². The third-order valence-corrected chi connectivity index (χ3v) is 4.43. The van der Waals surface area contributed by atoms with Crippen molar-refractivity contribution < 1.29 is 4.79 Å². The number of carbonyl (C=O) groups excluding carboxylic acids is 1. The van der Waals surface area contributed by atoms with E-state index in [2.05, 4.69) is 14.9 Å². The standard InChI is InChI=1S/C15H24N4O/c1-12-9-16-15(17-12)13-5-4-6-18(10-13)11-14(20)19-7-2-3-8-19/h9,13H,2-8,10-11H2,1H3,(H,16,17). The van der Waals surface area contributed by atoms with Crippen LogP contribution in [0.5, 0.6) is 0 Å². The molecule has 5 heteroatoms. The number of piperidine rings is 1. The van der Waals surface area contributed by atoms with Crippen molar-refractivity contribution in [2.24, 2.45) is 0 Å². The van der Waals surface area contributed by atoms with E-state index < -0.39 is 0 Å². The van der Waals surface area contributed by atoms with Crippen molar-refractivity contribution in [2.75, 3.05) is 32.7 Å². The second kappa shape index (κ2) is 5.95. The molecule has 1 atom stereocenters. The molecule has 2 saturated heterocycles. The SMILES string of the molecule is Cc1cnc(C2CCCN(CC(=O)N3CCCC3)C2)[nH]1. The van der Waals surface area contributed by atoms with Crippen LogP contribution >= 0.6 is 0 Å². The fourth-order valence-electron chi connectivity index (χ4n) is 3.32. The normalized spacial score (nSPS) is 24.2. The van der Waals surface area contributed by atoms with Crippen LogP contribution in [0.4, 0.5) is 0 Å². The molecule has 110 valence electrons. The molecular weight excluding hydrogens is 252 g/mol. The topological polar surface area (TPSA) is 52.2 Å². The summed E-state index contributed by atoms with van der Waals surface area (Å²) in [4.78, 5) is 24.3. The molecule has 5 nitrogen and oxygen atoms in total. The van der Waals surface area contributed by atoms with Crippen molar-refractivity contribution in [3.63, 3.8) is 0 Å². The van der Waals surface area contributed by atoms with E-state index in [0.29, 0.717) is 18.4 Å². The monoisotopic (exact) mass is 276 g/mol. The number of imidazole rings is 1. The number of aryl methyl sites for hydroxylation is 1. The van der Waals surface area contributed by atoms with Gasteiger partial charge in [0.25, 0.3) is 0 Å². The van der Waals surface area contributed by atoms with Crippen LogP contribution in [0, 0.1) is 6.92 Å². The molecule has 0 bridgehead atoms. The first kappa shape index (κ1) is 13.6. The lowest BCUT2D eigenvalue weighted by molar-refractivity contribution is -0.131. The molecule has 2 fully saturated rings. The number of amides is 1. The van der Waals surface area contributed by atoms with Crippen molar-refractivity contribution in [1.82, 2.24) is 19.8 Å². The van der Waals surface area contributed by atoms with Gasteiger partial charge in [-0.2, -0.15) is 0 Å². The van der Waals surface area contributed by atoms with Crippen LogP contribution in [0.2, 0.25) is 0 Å². The lowest BCUT2D eigenvalue weighted by Gasteiger charge is -2.32. The van der Waals surface area contributed by atoms with Crippen LogP contribution in [-0.4, -0.2) is 58.4 Å². The zero-order valence-electron chi connectivity index (χ0n) is 12.3. The number of nitrogens with one attached hydrogen (secondary N) is 1. The first-order chi connectivity index (χ1) is 9.72. The lowest BCUT2D eigenvalue weighted by Crippen LogP contribution is -2.43. The van der Waals surface area contributed by atoms with Gasteiger partial charge in [0.2, 0.25) is 5.91 Å². The first-order valence-electron chi connectivity index (χ1n) is 7.74. The zero-order valence-corrected chi connectivity index (χ0v) is 12.3. The number of nitrogens with zero attached hydrogens (tertiary/aromatic N) is 3. The number of likely N-dealkylation sites (tertiary alicyclic amines) is 2. The van der Waals surface area contributed by atoms with Gasteiger partial charge >= 0.3 is 0 Å². The minimum absolute atomic E-state index is 0.304. The van der Waals surface area contributed by atoms with E-state index in [9.17, 15) is 4.79 Å². The quantitative estimate of drug-likeness (QED) is 0.910. The number of hydrogen-bond acceptors (Lipinski definition) is 3. The van der Waals surface area contributed by atoms with Crippen molar-refractivity contribution in [1.29, 1.82) is 0 Å². The predicted molar refractivity (Wildman–Crippen MR) is 77.6 cm³/mol. The molecule has 1 aromatic rings. The second-order valence-corrected chi connectivity index (χ2v) is 6.11. The molecule has 0 aromatic carbocycles. The summed E-state index contributed by atoms with van der Waals surface area (Å²) < 4.78 is 0. The number of hydrogen-bond donors (Lipinski definition) is 1. The molecule has 1 aromatic heterocycles. The lowest BCUT2D eigenvalue weighted by atomic mass is 9.97. The second-order valence-electron chi connectivity index (χ2n) is 6.11. The minimum atomic E-state index is 0.304. The summed E-state index contributed by atoms with van der Waals surface area (Å²) in [6, 6.07) is 0. The van der Waals surface area contributed by atoms with E-state index in [1.54, 1.807) is 0 Å². The Morgan fingerprint density at radius 3 is 2.85 bits per heavy atom. The van der Waals surface area contributed by atoms with E-state index >= 15 is 0 Å². The van der Waals surface area contributed by atoms with Crippen LogP contribution in [0.15, 0.2) is 6.20 Å². The Morgan fingerprint density at radius 1 is 1.35 bits per heavy atom. The zero-order chi connectivity index (χ0) is 13.9. The summed E-state index contributed by atoms with van der Waals surface area (Å²) in [6.45, 7) is 6.51. The number of aromatic nitrogens is 2. The van der Waals surface area contributed by atoms with Gasteiger partial charge in [0.1, 0.15) is 5.82 Å². The van der Waals surface area contributed by atoms with Crippen molar-refractivity contribution >= 4 is 5.91 Å². The Balaban J connectivity index is 1.56. The first-order valence-corrected chi connectivity index (χ1v) is 7.74. The Kier molecular flexibility index (Phi) is 4.05. The minimum Gasteiger partial charge on any atom is -0.346 e. The molecule has 2 aliphatic heterocycles. The summed E-state index contributed by atoms with van der Waals surface area (Å²) in [5.41, 5.74) is 1.12. The summed E-state index contributed by atoms with van der Waals surface area (Å²) in [6.07, 6.45) is 6.54. The molecule has 0 aliphatic carbocycles. The summed E-state index contributed by atoms with van der Waals surface area (Å²) in [5, 5.41) is 0. The molecule has 1 unspecified atom stereocenters. The third-order valence-electron chi connectivity index (χ3n) is 4.43.